The van der Waals surface area contributed by atoms with Crippen LogP contribution in [0.2, 0.25) is 0 Å². The number of aliphatic imine (C=N–C) groups is 1. The lowest BCUT2D eigenvalue weighted by Crippen LogP contribution is -2.33. The van der Waals surface area contributed by atoms with Gasteiger partial charge in [-0.05, 0) is 13.1 Å². The molecule has 0 bridgehead atoms. The van der Waals surface area contributed by atoms with Gasteiger partial charge in [0.1, 0.15) is 0 Å². The Morgan fingerprint density at radius 3 is 2.71 bits per heavy atom. The van der Waals surface area contributed by atoms with Crippen molar-refractivity contribution in [2.75, 3.05) is 32.7 Å². The summed E-state index contributed by atoms with van der Waals surface area (Å²) in [5.74, 6) is 0. The number of hydrogen-bond donors (Lipinski definition) is 1. The van der Waals surface area contributed by atoms with Crippen molar-refractivity contribution in [2.24, 2.45) is 4.99 Å². The molecular weight excluding hydrogens is 194 g/mol. The molecule has 4 heteroatoms. The average Bonchev–Trinajstić information content (AvgIpc) is 2.59. The van der Waals surface area contributed by atoms with Gasteiger partial charge in [0.05, 0.1) is 6.54 Å². The van der Waals surface area contributed by atoms with Crippen molar-refractivity contribution >= 4 is 16.9 Å². The molecule has 0 saturated heterocycles. The van der Waals surface area contributed by atoms with Gasteiger partial charge in [0.25, 0.3) is 0 Å². The highest BCUT2D eigenvalue weighted by Gasteiger charge is 2.13. The fourth-order valence-electron chi connectivity index (χ4n) is 1.43. The summed E-state index contributed by atoms with van der Waals surface area (Å²) in [6.07, 6.45) is 0. The summed E-state index contributed by atoms with van der Waals surface area (Å²) in [5, 5.41) is 5.17. The normalized spacial score (nSPS) is 21.4. The molecule has 0 fully saturated rings. The maximum atomic E-state index is 4.42. The third-order valence-corrected chi connectivity index (χ3v) is 3.45. The van der Waals surface area contributed by atoms with E-state index in [0.29, 0.717) is 5.25 Å². The van der Waals surface area contributed by atoms with E-state index in [1.807, 2.05) is 11.8 Å². The first kappa shape index (κ1) is 11.9. The fourth-order valence-corrected chi connectivity index (χ4v) is 2.30. The molecule has 82 valence electrons. The third kappa shape index (κ3) is 3.88. The van der Waals surface area contributed by atoms with Crippen molar-refractivity contribution in [3.05, 3.63) is 0 Å². The zero-order valence-corrected chi connectivity index (χ0v) is 10.2. The standard InChI is InChI=1S/C10H21N3S/c1-4-13(5-2)7-6-11-10-12-8-9(3)14-10/h9H,4-8H2,1-3H3,(H,11,12). The van der Waals surface area contributed by atoms with Gasteiger partial charge in [0.2, 0.25) is 0 Å². The molecule has 0 saturated carbocycles. The van der Waals surface area contributed by atoms with Crippen molar-refractivity contribution in [1.29, 1.82) is 0 Å². The van der Waals surface area contributed by atoms with Gasteiger partial charge in [0, 0.05) is 18.3 Å². The molecule has 3 nitrogen and oxygen atoms in total. The molecule has 0 amide bonds. The Labute approximate surface area is 91.3 Å². The molecule has 0 radical (unpaired) electrons. The van der Waals surface area contributed by atoms with Crippen LogP contribution in [0.3, 0.4) is 0 Å². The van der Waals surface area contributed by atoms with Gasteiger partial charge >= 0.3 is 0 Å². The molecule has 0 aromatic carbocycles. The predicted molar refractivity (Wildman–Crippen MR) is 65.1 cm³/mol. The Bertz CT molecular complexity index is 190. The largest absolute Gasteiger partial charge is 0.364 e. The van der Waals surface area contributed by atoms with Crippen LogP contribution in [0.1, 0.15) is 20.8 Å². The van der Waals surface area contributed by atoms with Crippen molar-refractivity contribution in [3.63, 3.8) is 0 Å². The van der Waals surface area contributed by atoms with E-state index >= 15 is 0 Å². The molecule has 14 heavy (non-hydrogen) atoms. The minimum Gasteiger partial charge on any atom is -0.364 e. The molecule has 0 aromatic heterocycles. The van der Waals surface area contributed by atoms with Crippen LogP contribution in [0.25, 0.3) is 0 Å². The molecule has 0 aliphatic carbocycles. The van der Waals surface area contributed by atoms with E-state index in [0.717, 1.165) is 37.9 Å². The van der Waals surface area contributed by atoms with Gasteiger partial charge < -0.3 is 10.2 Å². The third-order valence-electron chi connectivity index (χ3n) is 2.40. The number of amidine groups is 1. The van der Waals surface area contributed by atoms with Crippen LogP contribution < -0.4 is 5.32 Å². The minimum atomic E-state index is 0.658. The van der Waals surface area contributed by atoms with Crippen LogP contribution in [0.4, 0.5) is 0 Å². The average molecular weight is 215 g/mol. The lowest BCUT2D eigenvalue weighted by Gasteiger charge is -2.18. The molecular formula is C10H21N3S. The van der Waals surface area contributed by atoms with Crippen molar-refractivity contribution < 1.29 is 0 Å². The predicted octanol–water partition coefficient (Wildman–Crippen LogP) is 1.41. The first-order valence-electron chi connectivity index (χ1n) is 5.43. The zero-order chi connectivity index (χ0) is 10.4. The minimum absolute atomic E-state index is 0.658. The van der Waals surface area contributed by atoms with E-state index in [-0.39, 0.29) is 0 Å². The monoisotopic (exact) mass is 215 g/mol. The number of nitrogens with one attached hydrogen (secondary N) is 1. The van der Waals surface area contributed by atoms with Gasteiger partial charge in [-0.2, -0.15) is 0 Å². The van der Waals surface area contributed by atoms with Crippen LogP contribution >= 0.6 is 11.8 Å². The second-order valence-electron chi connectivity index (χ2n) is 3.53. The molecule has 0 spiro atoms. The lowest BCUT2D eigenvalue weighted by atomic mass is 10.5. The molecule has 1 aliphatic heterocycles. The van der Waals surface area contributed by atoms with E-state index in [2.05, 4.69) is 36.0 Å². The van der Waals surface area contributed by atoms with Gasteiger partial charge in [-0.15, -0.1) is 0 Å². The van der Waals surface area contributed by atoms with Gasteiger partial charge in [0.15, 0.2) is 5.17 Å². The highest BCUT2D eigenvalue weighted by atomic mass is 32.2. The van der Waals surface area contributed by atoms with E-state index in [1.54, 1.807) is 0 Å². The first-order chi connectivity index (χ1) is 6.76. The van der Waals surface area contributed by atoms with E-state index < -0.39 is 0 Å². The summed E-state index contributed by atoms with van der Waals surface area (Å²) in [4.78, 5) is 6.83. The Morgan fingerprint density at radius 2 is 2.21 bits per heavy atom. The highest BCUT2D eigenvalue weighted by Crippen LogP contribution is 2.17. The summed E-state index contributed by atoms with van der Waals surface area (Å²) in [6, 6.07) is 0. The smallest absolute Gasteiger partial charge is 0.156 e. The Hall–Kier alpha value is -0.220. The van der Waals surface area contributed by atoms with E-state index in [9.17, 15) is 0 Å². The molecule has 1 rings (SSSR count). The maximum absolute atomic E-state index is 4.42. The Balaban J connectivity index is 2.09. The quantitative estimate of drug-likeness (QED) is 0.751. The number of hydrogen-bond acceptors (Lipinski definition) is 4. The van der Waals surface area contributed by atoms with Crippen LogP contribution in [-0.2, 0) is 0 Å². The summed E-state index contributed by atoms with van der Waals surface area (Å²) in [7, 11) is 0. The fraction of sp³-hybridized carbons (Fsp3) is 0.900. The number of nitrogens with zero attached hydrogens (tertiary/aromatic N) is 2. The summed E-state index contributed by atoms with van der Waals surface area (Å²) < 4.78 is 0. The Kier molecular flexibility index (Phi) is 5.33. The van der Waals surface area contributed by atoms with Crippen molar-refractivity contribution in [2.45, 2.75) is 26.0 Å². The Morgan fingerprint density at radius 1 is 1.50 bits per heavy atom. The SMILES string of the molecule is CCN(CC)CCNC1=NCC(C)S1. The topological polar surface area (TPSA) is 27.6 Å². The van der Waals surface area contributed by atoms with Crippen LogP contribution in [0, 0.1) is 0 Å². The molecule has 1 aliphatic rings. The van der Waals surface area contributed by atoms with E-state index in [4.69, 9.17) is 0 Å². The van der Waals surface area contributed by atoms with Crippen LogP contribution in [0.5, 0.6) is 0 Å². The first-order valence-corrected chi connectivity index (χ1v) is 6.31. The molecule has 1 heterocycles. The van der Waals surface area contributed by atoms with Crippen LogP contribution in [0.15, 0.2) is 4.99 Å². The van der Waals surface area contributed by atoms with Crippen molar-refractivity contribution in [1.82, 2.24) is 10.2 Å². The number of likely N-dealkylation sites (N-methyl/N-ethyl adjacent to an activating group) is 1. The molecule has 1 N–H and O–H groups in total. The summed E-state index contributed by atoms with van der Waals surface area (Å²) >= 11 is 1.85. The second-order valence-corrected chi connectivity index (χ2v) is 4.96. The summed E-state index contributed by atoms with van der Waals surface area (Å²) in [6.45, 7) is 12.0. The number of rotatable bonds is 5. The highest BCUT2D eigenvalue weighted by molar-refractivity contribution is 8.14. The summed E-state index contributed by atoms with van der Waals surface area (Å²) in [5.41, 5.74) is 0. The second kappa shape index (κ2) is 6.30. The van der Waals surface area contributed by atoms with Gasteiger partial charge in [-0.1, -0.05) is 32.5 Å². The van der Waals surface area contributed by atoms with Gasteiger partial charge in [-0.25, -0.2) is 0 Å². The number of thioether (sulfide) groups is 1. The molecule has 1 unspecified atom stereocenters. The lowest BCUT2D eigenvalue weighted by molar-refractivity contribution is 0.309. The molecule has 1 atom stereocenters. The van der Waals surface area contributed by atoms with Gasteiger partial charge in [-0.3, -0.25) is 4.99 Å². The molecule has 0 aromatic rings. The van der Waals surface area contributed by atoms with Crippen molar-refractivity contribution in [3.8, 4) is 0 Å². The van der Waals surface area contributed by atoms with E-state index in [1.165, 1.54) is 0 Å². The van der Waals surface area contributed by atoms with Crippen LogP contribution in [-0.4, -0.2) is 48.0 Å². The zero-order valence-electron chi connectivity index (χ0n) is 9.42. The maximum Gasteiger partial charge on any atom is 0.156 e.